The highest BCUT2D eigenvalue weighted by atomic mass is 16.5. The van der Waals surface area contributed by atoms with Gasteiger partial charge in [0.15, 0.2) is 0 Å². The van der Waals surface area contributed by atoms with Crippen LogP contribution >= 0.6 is 0 Å². The van der Waals surface area contributed by atoms with E-state index in [1.54, 1.807) is 4.90 Å². The van der Waals surface area contributed by atoms with E-state index in [0.29, 0.717) is 24.6 Å². The zero-order valence-corrected chi connectivity index (χ0v) is 22.6. The van der Waals surface area contributed by atoms with Crippen LogP contribution in [0.3, 0.4) is 0 Å². The predicted molar refractivity (Wildman–Crippen MR) is 149 cm³/mol. The van der Waals surface area contributed by atoms with Crippen molar-refractivity contribution in [2.75, 3.05) is 11.9 Å². The van der Waals surface area contributed by atoms with Crippen molar-refractivity contribution in [2.24, 2.45) is 17.8 Å². The summed E-state index contributed by atoms with van der Waals surface area (Å²) in [4.78, 5) is 43.5. The van der Waals surface area contributed by atoms with E-state index in [1.165, 1.54) is 6.42 Å². The van der Waals surface area contributed by atoms with Gasteiger partial charge in [0.1, 0.15) is 11.6 Å². The number of ether oxygens (including phenoxy) is 1. The summed E-state index contributed by atoms with van der Waals surface area (Å²) in [6.07, 6.45) is 8.12. The molecule has 6 rings (SSSR count). The SMILES string of the molecule is Cc1cccc(NC(=O)[C@@H]2[C@@H]3C=C[C@]4(O3)[C@@H]2C(=O)N(CCc2ccccc2)[C@H]4C(=O)N[C@@H]2CCCC[C@H]2C)c1. The number of carbonyl (C=O) groups is 3. The van der Waals surface area contributed by atoms with Crippen LogP contribution in [0, 0.1) is 24.7 Å². The minimum Gasteiger partial charge on any atom is -0.359 e. The fourth-order valence-electron chi connectivity index (χ4n) is 7.14. The molecule has 2 saturated heterocycles. The summed E-state index contributed by atoms with van der Waals surface area (Å²) < 4.78 is 6.49. The number of hydrogen-bond acceptors (Lipinski definition) is 4. The summed E-state index contributed by atoms with van der Waals surface area (Å²) in [5.41, 5.74) is 1.67. The van der Waals surface area contributed by atoms with Crippen LogP contribution in [0.1, 0.15) is 43.7 Å². The first-order valence-corrected chi connectivity index (χ1v) is 14.3. The Morgan fingerprint density at radius 1 is 1.05 bits per heavy atom. The molecule has 0 aromatic heterocycles. The second-order valence-electron chi connectivity index (χ2n) is 11.7. The normalized spacial score (nSPS) is 32.8. The molecule has 3 fully saturated rings. The lowest BCUT2D eigenvalue weighted by Gasteiger charge is -2.36. The monoisotopic (exact) mass is 527 g/mol. The Hall–Kier alpha value is -3.45. The average molecular weight is 528 g/mol. The minimum atomic E-state index is -1.14. The van der Waals surface area contributed by atoms with E-state index in [-0.39, 0.29) is 23.8 Å². The molecule has 1 saturated carbocycles. The van der Waals surface area contributed by atoms with Crippen molar-refractivity contribution in [3.05, 3.63) is 77.9 Å². The number of aryl methyl sites for hydroxylation is 1. The third-order valence-electron chi connectivity index (χ3n) is 9.13. The molecule has 39 heavy (non-hydrogen) atoms. The highest BCUT2D eigenvalue weighted by molar-refractivity contribution is 6.02. The molecule has 204 valence electrons. The number of amides is 3. The van der Waals surface area contributed by atoms with E-state index in [0.717, 1.165) is 30.4 Å². The lowest BCUT2D eigenvalue weighted by atomic mass is 9.74. The molecule has 2 N–H and O–H groups in total. The number of nitrogens with one attached hydrogen (secondary N) is 2. The molecule has 7 nitrogen and oxygen atoms in total. The maximum Gasteiger partial charge on any atom is 0.246 e. The Bertz CT molecular complexity index is 1290. The van der Waals surface area contributed by atoms with Gasteiger partial charge in [-0.2, -0.15) is 0 Å². The Morgan fingerprint density at radius 3 is 2.62 bits per heavy atom. The molecule has 7 atom stereocenters. The molecule has 7 heteroatoms. The predicted octanol–water partition coefficient (Wildman–Crippen LogP) is 4.02. The quantitative estimate of drug-likeness (QED) is 0.533. The molecular formula is C32H37N3O4. The maximum atomic E-state index is 14.1. The average Bonchev–Trinajstić information content (AvgIpc) is 3.56. The van der Waals surface area contributed by atoms with Crippen molar-refractivity contribution in [3.8, 4) is 0 Å². The van der Waals surface area contributed by atoms with Crippen LogP contribution in [-0.4, -0.2) is 53.0 Å². The molecule has 0 unspecified atom stereocenters. The fraction of sp³-hybridized carbons (Fsp3) is 0.469. The van der Waals surface area contributed by atoms with Gasteiger partial charge in [0, 0.05) is 18.3 Å². The highest BCUT2D eigenvalue weighted by Gasteiger charge is 2.72. The summed E-state index contributed by atoms with van der Waals surface area (Å²) in [6, 6.07) is 16.8. The second-order valence-corrected chi connectivity index (χ2v) is 11.7. The topological polar surface area (TPSA) is 87.7 Å². The Kier molecular flexibility index (Phi) is 6.79. The van der Waals surface area contributed by atoms with E-state index in [1.807, 2.05) is 73.7 Å². The van der Waals surface area contributed by atoms with Crippen LogP contribution in [0.15, 0.2) is 66.7 Å². The summed E-state index contributed by atoms with van der Waals surface area (Å²) >= 11 is 0. The third-order valence-corrected chi connectivity index (χ3v) is 9.13. The lowest BCUT2D eigenvalue weighted by Crippen LogP contribution is -2.57. The van der Waals surface area contributed by atoms with Gasteiger partial charge < -0.3 is 20.3 Å². The number of benzene rings is 2. The van der Waals surface area contributed by atoms with Gasteiger partial charge >= 0.3 is 0 Å². The van der Waals surface area contributed by atoms with Crippen LogP contribution in [0.2, 0.25) is 0 Å². The third kappa shape index (κ3) is 4.56. The Morgan fingerprint density at radius 2 is 1.85 bits per heavy atom. The Balaban J connectivity index is 1.30. The van der Waals surface area contributed by atoms with Crippen molar-refractivity contribution >= 4 is 23.4 Å². The van der Waals surface area contributed by atoms with Crippen molar-refractivity contribution in [1.29, 1.82) is 0 Å². The molecule has 2 aromatic rings. The first-order valence-electron chi connectivity index (χ1n) is 14.3. The number of nitrogens with zero attached hydrogens (tertiary/aromatic N) is 1. The number of anilines is 1. The molecule has 3 aliphatic heterocycles. The van der Waals surface area contributed by atoms with E-state index in [4.69, 9.17) is 4.74 Å². The minimum absolute atomic E-state index is 0.0794. The molecule has 4 aliphatic rings. The van der Waals surface area contributed by atoms with E-state index < -0.39 is 29.6 Å². The summed E-state index contributed by atoms with van der Waals surface area (Å²) in [5, 5.41) is 6.30. The van der Waals surface area contributed by atoms with Gasteiger partial charge in [0.05, 0.1) is 17.9 Å². The molecule has 2 aromatic carbocycles. The second kappa shape index (κ2) is 10.3. The van der Waals surface area contributed by atoms with Gasteiger partial charge in [-0.25, -0.2) is 0 Å². The molecular weight excluding hydrogens is 490 g/mol. The first-order chi connectivity index (χ1) is 18.9. The van der Waals surface area contributed by atoms with Gasteiger partial charge in [-0.1, -0.05) is 74.4 Å². The zero-order chi connectivity index (χ0) is 27.1. The summed E-state index contributed by atoms with van der Waals surface area (Å²) in [5.74, 6) is -1.67. The molecule has 2 bridgehead atoms. The van der Waals surface area contributed by atoms with Crippen molar-refractivity contribution in [2.45, 2.75) is 69.7 Å². The number of carbonyl (C=O) groups excluding carboxylic acids is 3. The van der Waals surface area contributed by atoms with Gasteiger partial charge in [-0.05, 0) is 55.4 Å². The smallest absolute Gasteiger partial charge is 0.246 e. The summed E-state index contributed by atoms with van der Waals surface area (Å²) in [6.45, 7) is 4.53. The van der Waals surface area contributed by atoms with Crippen molar-refractivity contribution < 1.29 is 19.1 Å². The van der Waals surface area contributed by atoms with Crippen LogP contribution in [0.4, 0.5) is 5.69 Å². The van der Waals surface area contributed by atoms with E-state index >= 15 is 0 Å². The first kappa shape index (κ1) is 25.8. The molecule has 3 heterocycles. The van der Waals surface area contributed by atoms with Gasteiger partial charge in [0.25, 0.3) is 0 Å². The number of likely N-dealkylation sites (tertiary alicyclic amines) is 1. The molecule has 1 spiro atoms. The van der Waals surface area contributed by atoms with Gasteiger partial charge in [0.2, 0.25) is 17.7 Å². The van der Waals surface area contributed by atoms with E-state index in [2.05, 4.69) is 17.6 Å². The number of fused-ring (bicyclic) bond motifs is 1. The van der Waals surface area contributed by atoms with E-state index in [9.17, 15) is 14.4 Å². The number of hydrogen-bond donors (Lipinski definition) is 2. The summed E-state index contributed by atoms with van der Waals surface area (Å²) in [7, 11) is 0. The highest BCUT2D eigenvalue weighted by Crippen LogP contribution is 2.55. The molecule has 0 radical (unpaired) electrons. The van der Waals surface area contributed by atoms with Crippen molar-refractivity contribution in [3.63, 3.8) is 0 Å². The van der Waals surface area contributed by atoms with Crippen molar-refractivity contribution in [1.82, 2.24) is 10.2 Å². The van der Waals surface area contributed by atoms with Gasteiger partial charge in [-0.3, -0.25) is 14.4 Å². The number of rotatable bonds is 7. The molecule has 1 aliphatic carbocycles. The zero-order valence-electron chi connectivity index (χ0n) is 22.6. The maximum absolute atomic E-state index is 14.1. The fourth-order valence-corrected chi connectivity index (χ4v) is 7.14. The van der Waals surface area contributed by atoms with Crippen LogP contribution in [0.5, 0.6) is 0 Å². The van der Waals surface area contributed by atoms with Crippen LogP contribution in [0.25, 0.3) is 0 Å². The Labute approximate surface area is 230 Å². The molecule has 3 amide bonds. The largest absolute Gasteiger partial charge is 0.359 e. The standard InChI is InChI=1S/C32H37N3O4/c1-20-9-8-13-23(19-20)33-29(36)26-25-15-17-32(39-25)27(26)31(38)35(18-16-22-11-4-3-5-12-22)28(32)30(37)34-24-14-7-6-10-21(24)2/h3-5,8-9,11-13,15,17,19,21,24-28H,6-7,10,14,16,18H2,1-2H3,(H,33,36)(H,34,37)/t21-,24-,25+,26-,27+,28+,32+/m1/s1. The lowest BCUT2D eigenvalue weighted by molar-refractivity contribution is -0.141. The van der Waals surface area contributed by atoms with Crippen LogP contribution in [-0.2, 0) is 25.5 Å². The van der Waals surface area contributed by atoms with Crippen LogP contribution < -0.4 is 10.6 Å². The van der Waals surface area contributed by atoms with Gasteiger partial charge in [-0.15, -0.1) is 0 Å².